The van der Waals surface area contributed by atoms with E-state index in [0.717, 1.165) is 11.4 Å². The summed E-state index contributed by atoms with van der Waals surface area (Å²) in [6, 6.07) is 7.73. The zero-order chi connectivity index (χ0) is 9.97. The molecule has 2 rings (SSSR count). The fourth-order valence-electron chi connectivity index (χ4n) is 1.69. The molecule has 0 spiro atoms. The van der Waals surface area contributed by atoms with E-state index >= 15 is 0 Å². The minimum absolute atomic E-state index is 0.0861. The van der Waals surface area contributed by atoms with E-state index < -0.39 is 0 Å². The standard InChI is InChI=1S/C11H11ClO2/c12-10-3-1-2-8(5-10)4-9-6-11(13)14-7-9/h1-3,5,9H,4,6-7H2/t9-/m1/s1. The molecule has 1 atom stereocenters. The van der Waals surface area contributed by atoms with E-state index in [1.807, 2.05) is 24.3 Å². The van der Waals surface area contributed by atoms with Crippen molar-refractivity contribution in [2.75, 3.05) is 6.61 Å². The van der Waals surface area contributed by atoms with Gasteiger partial charge >= 0.3 is 5.97 Å². The normalized spacial score (nSPS) is 20.9. The summed E-state index contributed by atoms with van der Waals surface area (Å²) < 4.78 is 4.90. The van der Waals surface area contributed by atoms with E-state index in [1.165, 1.54) is 5.56 Å². The SMILES string of the molecule is O=C1C[C@@H](Cc2cccc(Cl)c2)CO1. The first-order chi connectivity index (χ1) is 6.74. The Hall–Kier alpha value is -1.02. The molecule has 0 radical (unpaired) electrons. The number of esters is 1. The molecule has 3 heteroatoms. The molecule has 1 aromatic carbocycles. The van der Waals surface area contributed by atoms with Crippen LogP contribution in [0.25, 0.3) is 0 Å². The van der Waals surface area contributed by atoms with Crippen molar-refractivity contribution in [3.05, 3.63) is 34.9 Å². The Kier molecular flexibility index (Phi) is 2.73. The van der Waals surface area contributed by atoms with Gasteiger partial charge in [-0.25, -0.2) is 0 Å². The van der Waals surface area contributed by atoms with Crippen LogP contribution in [0.15, 0.2) is 24.3 Å². The highest BCUT2D eigenvalue weighted by molar-refractivity contribution is 6.30. The third-order valence-corrected chi connectivity index (χ3v) is 2.58. The van der Waals surface area contributed by atoms with Gasteiger partial charge in [0, 0.05) is 10.9 Å². The van der Waals surface area contributed by atoms with Crippen LogP contribution < -0.4 is 0 Å². The van der Waals surface area contributed by atoms with Gasteiger partial charge in [-0.3, -0.25) is 4.79 Å². The van der Waals surface area contributed by atoms with Gasteiger partial charge in [0.05, 0.1) is 13.0 Å². The van der Waals surface area contributed by atoms with Crippen molar-refractivity contribution < 1.29 is 9.53 Å². The fourth-order valence-corrected chi connectivity index (χ4v) is 1.91. The van der Waals surface area contributed by atoms with Crippen LogP contribution in [-0.2, 0) is 16.0 Å². The second-order valence-corrected chi connectivity index (χ2v) is 4.02. The number of halogens is 1. The highest BCUT2D eigenvalue weighted by Gasteiger charge is 2.23. The third kappa shape index (κ3) is 2.26. The van der Waals surface area contributed by atoms with Crippen LogP contribution in [0.2, 0.25) is 5.02 Å². The number of carbonyl (C=O) groups is 1. The van der Waals surface area contributed by atoms with E-state index in [0.29, 0.717) is 18.9 Å². The van der Waals surface area contributed by atoms with Gasteiger partial charge in [0.25, 0.3) is 0 Å². The van der Waals surface area contributed by atoms with Crippen LogP contribution in [0.1, 0.15) is 12.0 Å². The van der Waals surface area contributed by atoms with Gasteiger partial charge in [-0.2, -0.15) is 0 Å². The average Bonchev–Trinajstić information content (AvgIpc) is 2.51. The van der Waals surface area contributed by atoms with Crippen LogP contribution in [0, 0.1) is 5.92 Å². The topological polar surface area (TPSA) is 26.3 Å². The molecule has 1 aliphatic heterocycles. The fraction of sp³-hybridized carbons (Fsp3) is 0.364. The van der Waals surface area contributed by atoms with E-state index in [2.05, 4.69) is 0 Å². The van der Waals surface area contributed by atoms with Crippen molar-refractivity contribution in [1.29, 1.82) is 0 Å². The predicted octanol–water partition coefficient (Wildman–Crippen LogP) is 2.45. The summed E-state index contributed by atoms with van der Waals surface area (Å²) in [6.07, 6.45) is 1.40. The second-order valence-electron chi connectivity index (χ2n) is 3.59. The van der Waals surface area contributed by atoms with Crippen LogP contribution in [0.4, 0.5) is 0 Å². The number of carbonyl (C=O) groups excluding carboxylic acids is 1. The molecule has 0 saturated carbocycles. The van der Waals surface area contributed by atoms with Crippen LogP contribution in [-0.4, -0.2) is 12.6 Å². The molecule has 0 unspecified atom stereocenters. The zero-order valence-corrected chi connectivity index (χ0v) is 8.46. The molecule has 1 aromatic rings. The minimum atomic E-state index is -0.0861. The minimum Gasteiger partial charge on any atom is -0.465 e. The van der Waals surface area contributed by atoms with E-state index in [1.54, 1.807) is 0 Å². The molecule has 0 aromatic heterocycles. The first kappa shape index (κ1) is 9.53. The molecular formula is C11H11ClO2. The van der Waals surface area contributed by atoms with Gasteiger partial charge in [0.2, 0.25) is 0 Å². The lowest BCUT2D eigenvalue weighted by atomic mass is 9.99. The van der Waals surface area contributed by atoms with Gasteiger partial charge in [-0.1, -0.05) is 23.7 Å². The van der Waals surface area contributed by atoms with Crippen molar-refractivity contribution in [3.63, 3.8) is 0 Å². The highest BCUT2D eigenvalue weighted by atomic mass is 35.5. The molecule has 74 valence electrons. The Morgan fingerprint density at radius 3 is 3.00 bits per heavy atom. The largest absolute Gasteiger partial charge is 0.465 e. The van der Waals surface area contributed by atoms with E-state index in [4.69, 9.17) is 16.3 Å². The zero-order valence-electron chi connectivity index (χ0n) is 7.70. The smallest absolute Gasteiger partial charge is 0.306 e. The monoisotopic (exact) mass is 210 g/mol. The van der Waals surface area contributed by atoms with Crippen LogP contribution >= 0.6 is 11.6 Å². The maximum atomic E-state index is 10.9. The molecule has 14 heavy (non-hydrogen) atoms. The van der Waals surface area contributed by atoms with Gasteiger partial charge in [0.1, 0.15) is 0 Å². The molecular weight excluding hydrogens is 200 g/mol. The Balaban J connectivity index is 2.00. The Bertz CT molecular complexity index is 349. The quantitative estimate of drug-likeness (QED) is 0.701. The lowest BCUT2D eigenvalue weighted by molar-refractivity contribution is -0.137. The first-order valence-electron chi connectivity index (χ1n) is 4.64. The molecule has 0 bridgehead atoms. The number of rotatable bonds is 2. The van der Waals surface area contributed by atoms with Crippen molar-refractivity contribution in [1.82, 2.24) is 0 Å². The molecule has 0 amide bonds. The van der Waals surface area contributed by atoms with Gasteiger partial charge in [0.15, 0.2) is 0 Å². The summed E-state index contributed by atoms with van der Waals surface area (Å²) in [5.41, 5.74) is 1.17. The highest BCUT2D eigenvalue weighted by Crippen LogP contribution is 2.20. The Labute approximate surface area is 87.8 Å². The first-order valence-corrected chi connectivity index (χ1v) is 5.02. The average molecular weight is 211 g/mol. The maximum Gasteiger partial charge on any atom is 0.306 e. The summed E-state index contributed by atoms with van der Waals surface area (Å²) in [4.78, 5) is 10.9. The number of hydrogen-bond donors (Lipinski definition) is 0. The van der Waals surface area contributed by atoms with Crippen molar-refractivity contribution >= 4 is 17.6 Å². The summed E-state index contributed by atoms with van der Waals surface area (Å²) in [7, 11) is 0. The Morgan fingerprint density at radius 2 is 2.36 bits per heavy atom. The predicted molar refractivity (Wildman–Crippen MR) is 54.2 cm³/mol. The van der Waals surface area contributed by atoms with E-state index in [-0.39, 0.29) is 5.97 Å². The van der Waals surface area contributed by atoms with Crippen molar-refractivity contribution in [2.45, 2.75) is 12.8 Å². The van der Waals surface area contributed by atoms with Crippen molar-refractivity contribution in [2.24, 2.45) is 5.92 Å². The number of benzene rings is 1. The molecule has 0 aliphatic carbocycles. The van der Waals surface area contributed by atoms with Crippen molar-refractivity contribution in [3.8, 4) is 0 Å². The van der Waals surface area contributed by atoms with E-state index in [9.17, 15) is 4.79 Å². The summed E-state index contributed by atoms with van der Waals surface area (Å²) >= 11 is 5.86. The third-order valence-electron chi connectivity index (χ3n) is 2.35. The van der Waals surface area contributed by atoms with Gasteiger partial charge in [-0.05, 0) is 24.1 Å². The van der Waals surface area contributed by atoms with Gasteiger partial charge < -0.3 is 4.74 Å². The lowest BCUT2D eigenvalue weighted by Crippen LogP contribution is -2.03. The maximum absolute atomic E-state index is 10.9. The molecule has 0 N–H and O–H groups in total. The number of cyclic esters (lactones) is 1. The number of hydrogen-bond acceptors (Lipinski definition) is 2. The molecule has 1 fully saturated rings. The Morgan fingerprint density at radius 1 is 1.50 bits per heavy atom. The molecule has 2 nitrogen and oxygen atoms in total. The van der Waals surface area contributed by atoms with Crippen LogP contribution in [0.5, 0.6) is 0 Å². The molecule has 1 heterocycles. The molecule has 1 saturated heterocycles. The van der Waals surface area contributed by atoms with Crippen LogP contribution in [0.3, 0.4) is 0 Å². The second kappa shape index (κ2) is 4.01. The lowest BCUT2D eigenvalue weighted by Gasteiger charge is -2.05. The van der Waals surface area contributed by atoms with Gasteiger partial charge in [-0.15, -0.1) is 0 Å². The molecule has 1 aliphatic rings. The summed E-state index contributed by atoms with van der Waals surface area (Å²) in [5, 5.41) is 0.743. The number of ether oxygens (including phenoxy) is 1. The summed E-state index contributed by atoms with van der Waals surface area (Å²) in [5.74, 6) is 0.234. The summed E-state index contributed by atoms with van der Waals surface area (Å²) in [6.45, 7) is 0.547.